The Morgan fingerprint density at radius 1 is 1.25 bits per heavy atom. The summed E-state index contributed by atoms with van der Waals surface area (Å²) in [4.78, 5) is 14.0. The lowest BCUT2D eigenvalue weighted by Gasteiger charge is -2.34. The molecule has 0 aromatic carbocycles. The molecule has 6 heteroatoms. The quantitative estimate of drug-likeness (QED) is 0.825. The summed E-state index contributed by atoms with van der Waals surface area (Å²) >= 11 is 0. The van der Waals surface area contributed by atoms with E-state index in [1.165, 1.54) is 0 Å². The highest BCUT2D eigenvalue weighted by atomic mass is 15.3. The third-order valence-electron chi connectivity index (χ3n) is 4.08. The van der Waals surface area contributed by atoms with Crippen LogP contribution in [-0.4, -0.2) is 66.7 Å². The minimum atomic E-state index is 0.508. The van der Waals surface area contributed by atoms with Crippen LogP contribution in [0.5, 0.6) is 0 Å². The summed E-state index contributed by atoms with van der Waals surface area (Å²) in [5, 5.41) is 6.73. The van der Waals surface area contributed by atoms with Crippen molar-refractivity contribution >= 4 is 11.8 Å². The Balaban J connectivity index is 1.69. The summed E-state index contributed by atoms with van der Waals surface area (Å²) in [6.45, 7) is 11.7. The number of nitrogens with one attached hydrogen (secondary N) is 2. The number of nitrogens with zero attached hydrogens (tertiary/aromatic N) is 4. The third-order valence-corrected chi connectivity index (χ3v) is 4.08. The average molecular weight is 276 g/mol. The van der Waals surface area contributed by atoms with Gasteiger partial charge in [-0.2, -0.15) is 4.98 Å². The van der Waals surface area contributed by atoms with E-state index < -0.39 is 0 Å². The standard InChI is InChI=1S/C14H24N6/c1-3-19-4-6-20(7-5-19)14-16-11(2)8-13(18-14)17-12-9-15-10-12/h8,12,15H,3-7,9-10H2,1-2H3,(H,16,17,18). The summed E-state index contributed by atoms with van der Waals surface area (Å²) < 4.78 is 0. The third kappa shape index (κ3) is 3.02. The van der Waals surface area contributed by atoms with Gasteiger partial charge >= 0.3 is 0 Å². The summed E-state index contributed by atoms with van der Waals surface area (Å²) in [5.74, 6) is 1.83. The van der Waals surface area contributed by atoms with E-state index in [-0.39, 0.29) is 0 Å². The van der Waals surface area contributed by atoms with Gasteiger partial charge in [-0.1, -0.05) is 6.92 Å². The molecule has 2 aliphatic heterocycles. The van der Waals surface area contributed by atoms with Gasteiger partial charge in [0.1, 0.15) is 5.82 Å². The van der Waals surface area contributed by atoms with Crippen molar-refractivity contribution in [3.8, 4) is 0 Å². The van der Waals surface area contributed by atoms with E-state index in [0.717, 1.165) is 63.3 Å². The molecule has 0 unspecified atom stereocenters. The zero-order valence-electron chi connectivity index (χ0n) is 12.4. The molecule has 0 atom stereocenters. The van der Waals surface area contributed by atoms with Crippen LogP contribution < -0.4 is 15.5 Å². The molecule has 0 radical (unpaired) electrons. The van der Waals surface area contributed by atoms with Crippen molar-refractivity contribution in [2.45, 2.75) is 19.9 Å². The normalized spacial score (nSPS) is 20.8. The first-order chi connectivity index (χ1) is 9.74. The number of aryl methyl sites for hydroxylation is 1. The predicted molar refractivity (Wildman–Crippen MR) is 81.4 cm³/mol. The van der Waals surface area contributed by atoms with Gasteiger partial charge in [-0.3, -0.25) is 0 Å². The van der Waals surface area contributed by atoms with Gasteiger partial charge in [0.05, 0.1) is 6.04 Å². The Labute approximate surface area is 120 Å². The van der Waals surface area contributed by atoms with E-state index >= 15 is 0 Å². The maximum absolute atomic E-state index is 4.69. The lowest BCUT2D eigenvalue weighted by molar-refractivity contribution is 0.270. The number of aromatic nitrogens is 2. The van der Waals surface area contributed by atoms with Crippen molar-refractivity contribution in [3.05, 3.63) is 11.8 Å². The van der Waals surface area contributed by atoms with Gasteiger partial charge in [-0.05, 0) is 13.5 Å². The second-order valence-corrected chi connectivity index (χ2v) is 5.62. The maximum Gasteiger partial charge on any atom is 0.227 e. The van der Waals surface area contributed by atoms with Crippen LogP contribution >= 0.6 is 0 Å². The molecule has 6 nitrogen and oxygen atoms in total. The largest absolute Gasteiger partial charge is 0.365 e. The molecule has 0 aliphatic carbocycles. The first-order valence-corrected chi connectivity index (χ1v) is 7.55. The van der Waals surface area contributed by atoms with E-state index in [9.17, 15) is 0 Å². The van der Waals surface area contributed by atoms with Crippen molar-refractivity contribution in [1.82, 2.24) is 20.2 Å². The van der Waals surface area contributed by atoms with Gasteiger partial charge in [0, 0.05) is 51.0 Å². The number of hydrogen-bond acceptors (Lipinski definition) is 6. The molecule has 0 spiro atoms. The molecule has 2 N–H and O–H groups in total. The van der Waals surface area contributed by atoms with Crippen molar-refractivity contribution in [3.63, 3.8) is 0 Å². The molecule has 110 valence electrons. The number of piperazine rings is 1. The molecule has 1 aromatic rings. The van der Waals surface area contributed by atoms with E-state index in [4.69, 9.17) is 0 Å². The van der Waals surface area contributed by atoms with Gasteiger partial charge in [-0.25, -0.2) is 4.98 Å². The highest BCUT2D eigenvalue weighted by molar-refractivity contribution is 5.45. The summed E-state index contributed by atoms with van der Waals surface area (Å²) in [7, 11) is 0. The SMILES string of the molecule is CCN1CCN(c2nc(C)cc(NC3CNC3)n2)CC1. The van der Waals surface area contributed by atoms with E-state index in [1.807, 2.05) is 13.0 Å². The Morgan fingerprint density at radius 3 is 2.60 bits per heavy atom. The Bertz CT molecular complexity index is 451. The van der Waals surface area contributed by atoms with Crippen molar-refractivity contribution in [2.75, 3.05) is 56.0 Å². The molecule has 0 bridgehead atoms. The second-order valence-electron chi connectivity index (χ2n) is 5.62. The molecule has 2 fully saturated rings. The predicted octanol–water partition coefficient (Wildman–Crippen LogP) is 0.311. The lowest BCUT2D eigenvalue weighted by Crippen LogP contribution is -2.51. The highest BCUT2D eigenvalue weighted by Gasteiger charge is 2.20. The number of hydrogen-bond donors (Lipinski definition) is 2. The fourth-order valence-electron chi connectivity index (χ4n) is 2.63. The van der Waals surface area contributed by atoms with Crippen LogP contribution in [0.2, 0.25) is 0 Å². The highest BCUT2D eigenvalue weighted by Crippen LogP contribution is 2.16. The fourth-order valence-corrected chi connectivity index (χ4v) is 2.63. The molecular weight excluding hydrogens is 252 g/mol. The van der Waals surface area contributed by atoms with Gasteiger partial charge in [0.15, 0.2) is 0 Å². The molecule has 3 heterocycles. The number of rotatable bonds is 4. The Hall–Kier alpha value is -1.40. The first-order valence-electron chi connectivity index (χ1n) is 7.55. The molecule has 0 saturated carbocycles. The number of anilines is 2. The monoisotopic (exact) mass is 276 g/mol. The van der Waals surface area contributed by atoms with Gasteiger partial charge in [0.2, 0.25) is 5.95 Å². The Kier molecular flexibility index (Phi) is 4.03. The van der Waals surface area contributed by atoms with Gasteiger partial charge in [-0.15, -0.1) is 0 Å². The fraction of sp³-hybridized carbons (Fsp3) is 0.714. The topological polar surface area (TPSA) is 56.3 Å². The molecule has 2 saturated heterocycles. The van der Waals surface area contributed by atoms with Crippen LogP contribution in [0.15, 0.2) is 6.07 Å². The maximum atomic E-state index is 4.69. The van der Waals surface area contributed by atoms with Crippen LogP contribution in [0.3, 0.4) is 0 Å². The average Bonchev–Trinajstić information content (AvgIpc) is 2.42. The molecule has 20 heavy (non-hydrogen) atoms. The zero-order chi connectivity index (χ0) is 13.9. The van der Waals surface area contributed by atoms with Gasteiger partial charge < -0.3 is 20.4 Å². The summed E-state index contributed by atoms with van der Waals surface area (Å²) in [6, 6.07) is 2.54. The van der Waals surface area contributed by atoms with Crippen LogP contribution in [0.25, 0.3) is 0 Å². The lowest BCUT2D eigenvalue weighted by atomic mass is 10.2. The van der Waals surface area contributed by atoms with Crippen molar-refractivity contribution < 1.29 is 0 Å². The van der Waals surface area contributed by atoms with Gasteiger partial charge in [0.25, 0.3) is 0 Å². The summed E-state index contributed by atoms with van der Waals surface area (Å²) in [5.41, 5.74) is 1.03. The van der Waals surface area contributed by atoms with Crippen molar-refractivity contribution in [1.29, 1.82) is 0 Å². The molecule has 0 amide bonds. The van der Waals surface area contributed by atoms with Crippen LogP contribution in [0.4, 0.5) is 11.8 Å². The van der Waals surface area contributed by atoms with E-state index in [1.54, 1.807) is 0 Å². The molecular formula is C14H24N6. The number of likely N-dealkylation sites (N-methyl/N-ethyl adjacent to an activating group) is 1. The Morgan fingerprint density at radius 2 is 2.00 bits per heavy atom. The van der Waals surface area contributed by atoms with E-state index in [2.05, 4.69) is 37.3 Å². The summed E-state index contributed by atoms with van der Waals surface area (Å²) in [6.07, 6.45) is 0. The smallest absolute Gasteiger partial charge is 0.227 e. The molecule has 3 rings (SSSR count). The van der Waals surface area contributed by atoms with Crippen LogP contribution in [-0.2, 0) is 0 Å². The van der Waals surface area contributed by atoms with Crippen molar-refractivity contribution in [2.24, 2.45) is 0 Å². The second kappa shape index (κ2) is 5.93. The van der Waals surface area contributed by atoms with Crippen LogP contribution in [0.1, 0.15) is 12.6 Å². The van der Waals surface area contributed by atoms with Crippen LogP contribution in [0, 0.1) is 6.92 Å². The zero-order valence-corrected chi connectivity index (χ0v) is 12.4. The molecule has 1 aromatic heterocycles. The molecule has 2 aliphatic rings. The first kappa shape index (κ1) is 13.6. The minimum absolute atomic E-state index is 0.508. The van der Waals surface area contributed by atoms with E-state index in [0.29, 0.717) is 6.04 Å². The minimum Gasteiger partial charge on any atom is -0.365 e.